The van der Waals surface area contributed by atoms with Crippen LogP contribution in [0.25, 0.3) is 6.08 Å². The molecule has 0 spiro atoms. The molecule has 140 valence electrons. The van der Waals surface area contributed by atoms with E-state index < -0.39 is 11.8 Å². The minimum atomic E-state index is -0.830. The number of ether oxygens (including phenoxy) is 2. The fourth-order valence-electron chi connectivity index (χ4n) is 2.99. The number of benzene rings is 2. The number of carbonyl (C=O) groups excluding carboxylic acids is 2. The molecule has 1 aliphatic rings. The zero-order chi connectivity index (χ0) is 19.8. The van der Waals surface area contributed by atoms with Gasteiger partial charge in [0.2, 0.25) is 5.78 Å². The fraction of sp³-hybridized carbons (Fsp3) is 0.0909. The summed E-state index contributed by atoms with van der Waals surface area (Å²) in [6, 6.07) is 12.0. The lowest BCUT2D eigenvalue weighted by Gasteiger charge is -2.08. The van der Waals surface area contributed by atoms with Crippen LogP contribution in [-0.4, -0.2) is 11.8 Å². The molecule has 0 unspecified atom stereocenters. The molecule has 0 radical (unpaired) electrons. The second-order valence-corrected chi connectivity index (χ2v) is 6.37. The Balaban J connectivity index is 1.62. The number of ketones is 1. The molecule has 6 heteroatoms. The summed E-state index contributed by atoms with van der Waals surface area (Å²) in [5.74, 6) is -0.0213. The van der Waals surface area contributed by atoms with Crippen LogP contribution in [0.1, 0.15) is 37.8 Å². The van der Waals surface area contributed by atoms with Crippen LogP contribution in [0.2, 0.25) is 0 Å². The zero-order valence-corrected chi connectivity index (χ0v) is 15.1. The van der Waals surface area contributed by atoms with Crippen molar-refractivity contribution in [3.05, 3.63) is 88.3 Å². The number of furan rings is 1. The van der Waals surface area contributed by atoms with Crippen LogP contribution in [0.15, 0.2) is 58.7 Å². The summed E-state index contributed by atoms with van der Waals surface area (Å²) in [6.07, 6.45) is 1.51. The highest BCUT2D eigenvalue weighted by molar-refractivity contribution is 6.15. The van der Waals surface area contributed by atoms with Gasteiger partial charge in [0.1, 0.15) is 28.8 Å². The number of hydrogen-bond acceptors (Lipinski definition) is 5. The van der Waals surface area contributed by atoms with Crippen molar-refractivity contribution in [2.24, 2.45) is 0 Å². The Morgan fingerprint density at radius 1 is 1.11 bits per heavy atom. The second kappa shape index (κ2) is 6.81. The van der Waals surface area contributed by atoms with Crippen molar-refractivity contribution >= 4 is 17.8 Å². The fourth-order valence-corrected chi connectivity index (χ4v) is 2.99. The smallest absolute Gasteiger partial charge is 0.346 e. The summed E-state index contributed by atoms with van der Waals surface area (Å²) >= 11 is 0. The molecule has 5 nitrogen and oxygen atoms in total. The molecule has 0 amide bonds. The molecule has 0 bridgehead atoms. The summed E-state index contributed by atoms with van der Waals surface area (Å²) in [5.41, 5.74) is 0.796. The van der Waals surface area contributed by atoms with Gasteiger partial charge in [0.25, 0.3) is 0 Å². The van der Waals surface area contributed by atoms with Crippen LogP contribution in [0, 0.1) is 19.7 Å². The van der Waals surface area contributed by atoms with Crippen LogP contribution in [-0.2, 0) is 0 Å². The van der Waals surface area contributed by atoms with Crippen molar-refractivity contribution in [3.63, 3.8) is 0 Å². The zero-order valence-electron chi connectivity index (χ0n) is 15.1. The van der Waals surface area contributed by atoms with Gasteiger partial charge in [-0.15, -0.1) is 0 Å². The Kier molecular flexibility index (Phi) is 4.31. The van der Waals surface area contributed by atoms with E-state index >= 15 is 0 Å². The van der Waals surface area contributed by atoms with E-state index in [1.165, 1.54) is 30.3 Å². The summed E-state index contributed by atoms with van der Waals surface area (Å²) in [6.45, 7) is 3.51. The van der Waals surface area contributed by atoms with Gasteiger partial charge >= 0.3 is 5.97 Å². The van der Waals surface area contributed by atoms with E-state index in [2.05, 4.69) is 0 Å². The average molecular weight is 378 g/mol. The summed E-state index contributed by atoms with van der Waals surface area (Å²) in [4.78, 5) is 24.9. The standard InChI is InChI=1S/C22H15FO5/c1-12-9-15(27-22(25)16-5-3-4-6-17(16)23)11-18-20(12)21(24)19(28-18)10-14-8-7-13(2)26-14/h3-11H,1-2H3/b19-10-. The molecule has 1 aromatic heterocycles. The monoisotopic (exact) mass is 378 g/mol. The first-order valence-corrected chi connectivity index (χ1v) is 8.54. The molecule has 0 aliphatic carbocycles. The number of fused-ring (bicyclic) bond motifs is 1. The van der Waals surface area contributed by atoms with Gasteiger partial charge in [-0.1, -0.05) is 12.1 Å². The maximum absolute atomic E-state index is 13.8. The van der Waals surface area contributed by atoms with Crippen molar-refractivity contribution in [1.29, 1.82) is 0 Å². The number of aryl methyl sites for hydroxylation is 2. The molecule has 0 saturated heterocycles. The van der Waals surface area contributed by atoms with Gasteiger partial charge in [-0.25, -0.2) is 9.18 Å². The number of hydrogen-bond donors (Lipinski definition) is 0. The maximum Gasteiger partial charge on any atom is 0.346 e. The van der Waals surface area contributed by atoms with E-state index in [9.17, 15) is 14.0 Å². The van der Waals surface area contributed by atoms with Gasteiger partial charge in [0, 0.05) is 12.1 Å². The van der Waals surface area contributed by atoms with E-state index in [0.717, 1.165) is 0 Å². The van der Waals surface area contributed by atoms with Crippen molar-refractivity contribution in [2.45, 2.75) is 13.8 Å². The minimum absolute atomic E-state index is 0.116. The van der Waals surface area contributed by atoms with Crippen LogP contribution in [0.4, 0.5) is 4.39 Å². The lowest BCUT2D eigenvalue weighted by atomic mass is 10.0. The third-order valence-electron chi connectivity index (χ3n) is 4.28. The largest absolute Gasteiger partial charge is 0.462 e. The molecule has 2 heterocycles. The van der Waals surface area contributed by atoms with E-state index in [4.69, 9.17) is 13.9 Å². The third kappa shape index (κ3) is 3.20. The highest BCUT2D eigenvalue weighted by Gasteiger charge is 2.30. The molecular weight excluding hydrogens is 363 g/mol. The van der Waals surface area contributed by atoms with Gasteiger partial charge in [0.05, 0.1) is 11.1 Å². The number of esters is 1. The number of carbonyl (C=O) groups is 2. The quantitative estimate of drug-likeness (QED) is 0.370. The van der Waals surface area contributed by atoms with Crippen LogP contribution >= 0.6 is 0 Å². The van der Waals surface area contributed by atoms with Crippen LogP contribution in [0.3, 0.4) is 0 Å². The Morgan fingerprint density at radius 3 is 2.61 bits per heavy atom. The lowest BCUT2D eigenvalue weighted by Crippen LogP contribution is -2.10. The first-order valence-electron chi connectivity index (χ1n) is 8.54. The van der Waals surface area contributed by atoms with E-state index in [-0.39, 0.29) is 28.6 Å². The van der Waals surface area contributed by atoms with Gasteiger partial charge in [-0.3, -0.25) is 4.79 Å². The van der Waals surface area contributed by atoms with E-state index in [1.54, 1.807) is 38.1 Å². The predicted octanol–water partition coefficient (Wildman–Crippen LogP) is 4.87. The highest BCUT2D eigenvalue weighted by Crippen LogP contribution is 2.37. The van der Waals surface area contributed by atoms with E-state index in [1.807, 2.05) is 0 Å². The maximum atomic E-state index is 13.8. The number of Topliss-reactive ketones (excluding diaryl/α,β-unsaturated/α-hetero) is 1. The first kappa shape index (κ1) is 17.7. The number of halogens is 1. The van der Waals surface area contributed by atoms with Gasteiger partial charge in [-0.05, 0) is 49.7 Å². The molecule has 2 aromatic carbocycles. The Morgan fingerprint density at radius 2 is 1.89 bits per heavy atom. The Hall–Kier alpha value is -3.67. The predicted molar refractivity (Wildman–Crippen MR) is 98.9 cm³/mol. The number of allylic oxidation sites excluding steroid dienone is 1. The lowest BCUT2D eigenvalue weighted by molar-refractivity contribution is 0.0729. The van der Waals surface area contributed by atoms with Gasteiger partial charge in [0.15, 0.2) is 5.76 Å². The summed E-state index contributed by atoms with van der Waals surface area (Å²) in [7, 11) is 0. The molecule has 0 atom stereocenters. The molecule has 0 fully saturated rings. The molecule has 28 heavy (non-hydrogen) atoms. The summed E-state index contributed by atoms with van der Waals surface area (Å²) in [5, 5.41) is 0. The minimum Gasteiger partial charge on any atom is -0.462 e. The van der Waals surface area contributed by atoms with Crippen LogP contribution < -0.4 is 9.47 Å². The Bertz CT molecular complexity index is 1140. The normalized spacial score (nSPS) is 14.1. The SMILES string of the molecule is Cc1ccc(/C=C2\Oc3cc(OC(=O)c4ccccc4F)cc(C)c3C2=O)o1. The van der Waals surface area contributed by atoms with Gasteiger partial charge < -0.3 is 13.9 Å². The molecule has 0 N–H and O–H groups in total. The van der Waals surface area contributed by atoms with Crippen LogP contribution in [0.5, 0.6) is 11.5 Å². The molecule has 3 aromatic rings. The first-order chi connectivity index (χ1) is 13.4. The molecular formula is C22H15FO5. The van der Waals surface area contributed by atoms with Crippen molar-refractivity contribution < 1.29 is 27.9 Å². The summed E-state index contributed by atoms with van der Waals surface area (Å²) < 4.78 is 30.1. The topological polar surface area (TPSA) is 65.7 Å². The number of rotatable bonds is 3. The Labute approximate surface area is 160 Å². The second-order valence-electron chi connectivity index (χ2n) is 6.37. The molecule has 0 saturated carbocycles. The van der Waals surface area contributed by atoms with E-state index in [0.29, 0.717) is 22.6 Å². The van der Waals surface area contributed by atoms with Crippen molar-refractivity contribution in [2.75, 3.05) is 0 Å². The average Bonchev–Trinajstić information content (AvgIpc) is 3.19. The third-order valence-corrected chi connectivity index (χ3v) is 4.28. The van der Waals surface area contributed by atoms with Gasteiger partial charge in [-0.2, -0.15) is 0 Å². The highest BCUT2D eigenvalue weighted by atomic mass is 19.1. The molecule has 4 rings (SSSR count). The van der Waals surface area contributed by atoms with Crippen molar-refractivity contribution in [1.82, 2.24) is 0 Å². The van der Waals surface area contributed by atoms with Crippen molar-refractivity contribution in [3.8, 4) is 11.5 Å². The molecule has 1 aliphatic heterocycles.